The standard InChI is InChI=1S/C31H35BrN4O4S/c1-18(2)24-16-25(32)19(3)15-26(24)40-17-27(37)34-30(41)36-35-29(39)21-9-13-23(14-10-21)33-28(38)20-7-11-22(12-8-20)31(4,5)6/h7-16,18H,17H2,1-6H3,(H,33,38)(H,35,39)(H2,34,36,37,41). The zero-order valence-electron chi connectivity index (χ0n) is 24.0. The van der Waals surface area contributed by atoms with E-state index in [-0.39, 0.29) is 29.0 Å². The second-order valence-corrected chi connectivity index (χ2v) is 12.2. The summed E-state index contributed by atoms with van der Waals surface area (Å²) in [5.74, 6) is -0.356. The Labute approximate surface area is 254 Å². The predicted octanol–water partition coefficient (Wildman–Crippen LogP) is 6.15. The second-order valence-electron chi connectivity index (χ2n) is 10.9. The minimum Gasteiger partial charge on any atom is -0.483 e. The predicted molar refractivity (Wildman–Crippen MR) is 169 cm³/mol. The fourth-order valence-electron chi connectivity index (χ4n) is 3.80. The van der Waals surface area contributed by atoms with Crippen LogP contribution in [0.5, 0.6) is 5.75 Å². The Kier molecular flexibility index (Phi) is 10.6. The molecule has 4 N–H and O–H groups in total. The molecule has 0 saturated carbocycles. The van der Waals surface area contributed by atoms with Crippen molar-refractivity contribution in [1.82, 2.24) is 16.2 Å². The molecule has 0 aliphatic rings. The molecule has 3 aromatic carbocycles. The number of aryl methyl sites for hydroxylation is 1. The lowest BCUT2D eigenvalue weighted by atomic mass is 9.87. The molecule has 41 heavy (non-hydrogen) atoms. The van der Waals surface area contributed by atoms with Crippen molar-refractivity contribution in [3.8, 4) is 5.75 Å². The van der Waals surface area contributed by atoms with Gasteiger partial charge in [-0.25, -0.2) is 0 Å². The summed E-state index contributed by atoms with van der Waals surface area (Å²) < 4.78 is 6.71. The summed E-state index contributed by atoms with van der Waals surface area (Å²) in [4.78, 5) is 37.5. The van der Waals surface area contributed by atoms with Gasteiger partial charge in [-0.1, -0.05) is 62.7 Å². The molecule has 216 valence electrons. The van der Waals surface area contributed by atoms with Gasteiger partial charge in [0, 0.05) is 21.3 Å². The van der Waals surface area contributed by atoms with Gasteiger partial charge in [-0.3, -0.25) is 30.6 Å². The number of rotatable bonds is 7. The third kappa shape index (κ3) is 9.12. The average molecular weight is 640 g/mol. The minimum atomic E-state index is -0.472. The van der Waals surface area contributed by atoms with E-state index in [1.54, 1.807) is 36.4 Å². The highest BCUT2D eigenvalue weighted by atomic mass is 79.9. The first-order valence-corrected chi connectivity index (χ1v) is 14.3. The van der Waals surface area contributed by atoms with Crippen molar-refractivity contribution in [2.45, 2.75) is 52.9 Å². The molecule has 0 bridgehead atoms. The van der Waals surface area contributed by atoms with Crippen LogP contribution in [0.25, 0.3) is 0 Å². The maximum Gasteiger partial charge on any atom is 0.269 e. The average Bonchev–Trinajstić information content (AvgIpc) is 2.92. The van der Waals surface area contributed by atoms with Crippen LogP contribution in [0.15, 0.2) is 65.1 Å². The first-order chi connectivity index (χ1) is 19.2. The maximum absolute atomic E-state index is 12.6. The quantitative estimate of drug-likeness (QED) is 0.183. The SMILES string of the molecule is Cc1cc(OCC(=O)NC(=S)NNC(=O)c2ccc(NC(=O)c3ccc(C(C)(C)C)cc3)cc2)c(C(C)C)cc1Br. The van der Waals surface area contributed by atoms with Gasteiger partial charge in [-0.15, -0.1) is 0 Å². The highest BCUT2D eigenvalue weighted by Crippen LogP contribution is 2.32. The molecular weight excluding hydrogens is 604 g/mol. The van der Waals surface area contributed by atoms with Crippen molar-refractivity contribution in [2.24, 2.45) is 0 Å². The van der Waals surface area contributed by atoms with E-state index in [2.05, 4.69) is 58.2 Å². The summed E-state index contributed by atoms with van der Waals surface area (Å²) in [6.07, 6.45) is 0. The number of ether oxygens (including phenoxy) is 1. The third-order valence-electron chi connectivity index (χ3n) is 6.23. The normalized spacial score (nSPS) is 11.0. The highest BCUT2D eigenvalue weighted by Gasteiger charge is 2.16. The van der Waals surface area contributed by atoms with Crippen molar-refractivity contribution in [3.63, 3.8) is 0 Å². The van der Waals surface area contributed by atoms with Crippen LogP contribution in [-0.2, 0) is 10.2 Å². The van der Waals surface area contributed by atoms with Gasteiger partial charge in [-0.05, 0) is 95.7 Å². The maximum atomic E-state index is 12.6. The van der Waals surface area contributed by atoms with Gasteiger partial charge in [-0.2, -0.15) is 0 Å². The fraction of sp³-hybridized carbons (Fsp3) is 0.290. The molecule has 0 spiro atoms. The topological polar surface area (TPSA) is 109 Å². The molecule has 0 unspecified atom stereocenters. The number of hydrogen-bond donors (Lipinski definition) is 4. The Bertz CT molecular complexity index is 1430. The lowest BCUT2D eigenvalue weighted by molar-refractivity contribution is -0.121. The van der Waals surface area contributed by atoms with E-state index in [1.165, 1.54) is 0 Å². The van der Waals surface area contributed by atoms with Gasteiger partial charge in [0.2, 0.25) is 0 Å². The number of nitrogens with one attached hydrogen (secondary N) is 4. The molecule has 8 nitrogen and oxygen atoms in total. The number of thiocarbonyl (C=S) groups is 1. The van der Waals surface area contributed by atoms with Gasteiger partial charge in [0.25, 0.3) is 17.7 Å². The van der Waals surface area contributed by atoms with E-state index in [1.807, 2.05) is 45.0 Å². The van der Waals surface area contributed by atoms with Crippen LogP contribution in [0.3, 0.4) is 0 Å². The van der Waals surface area contributed by atoms with Crippen LogP contribution in [0.4, 0.5) is 5.69 Å². The largest absolute Gasteiger partial charge is 0.483 e. The van der Waals surface area contributed by atoms with E-state index < -0.39 is 11.8 Å². The fourth-order valence-corrected chi connectivity index (χ4v) is 4.33. The van der Waals surface area contributed by atoms with E-state index in [4.69, 9.17) is 17.0 Å². The Balaban J connectivity index is 1.46. The molecule has 0 fully saturated rings. The Morgan fingerprint density at radius 2 is 1.49 bits per heavy atom. The first kappa shape index (κ1) is 31.8. The van der Waals surface area contributed by atoms with Gasteiger partial charge in [0.1, 0.15) is 5.75 Å². The third-order valence-corrected chi connectivity index (χ3v) is 7.29. The number of anilines is 1. The lowest BCUT2D eigenvalue weighted by Crippen LogP contribution is -2.49. The molecule has 3 aromatic rings. The van der Waals surface area contributed by atoms with E-state index >= 15 is 0 Å². The van der Waals surface area contributed by atoms with E-state index in [0.29, 0.717) is 22.6 Å². The number of amides is 3. The molecule has 0 atom stereocenters. The second kappa shape index (κ2) is 13.7. The molecule has 0 aromatic heterocycles. The van der Waals surface area contributed by atoms with Crippen molar-refractivity contribution >= 4 is 56.7 Å². The molecule has 10 heteroatoms. The van der Waals surface area contributed by atoms with Crippen molar-refractivity contribution in [1.29, 1.82) is 0 Å². The summed E-state index contributed by atoms with van der Waals surface area (Å²) in [5.41, 5.74) is 9.47. The smallest absolute Gasteiger partial charge is 0.269 e. The van der Waals surface area contributed by atoms with Gasteiger partial charge in [0.05, 0.1) is 0 Å². The summed E-state index contributed by atoms with van der Waals surface area (Å²) in [6.45, 7) is 12.1. The van der Waals surface area contributed by atoms with Crippen molar-refractivity contribution in [2.75, 3.05) is 11.9 Å². The van der Waals surface area contributed by atoms with Crippen LogP contribution in [0.1, 0.15) is 77.9 Å². The highest BCUT2D eigenvalue weighted by molar-refractivity contribution is 9.10. The summed E-state index contributed by atoms with van der Waals surface area (Å²) in [5, 5.41) is 5.22. The zero-order chi connectivity index (χ0) is 30.3. The van der Waals surface area contributed by atoms with Gasteiger partial charge >= 0.3 is 0 Å². The zero-order valence-corrected chi connectivity index (χ0v) is 26.4. The van der Waals surface area contributed by atoms with Crippen LogP contribution >= 0.6 is 28.1 Å². The molecule has 0 radical (unpaired) electrons. The van der Waals surface area contributed by atoms with E-state index in [0.717, 1.165) is 21.2 Å². The van der Waals surface area contributed by atoms with E-state index in [9.17, 15) is 14.4 Å². The van der Waals surface area contributed by atoms with Crippen molar-refractivity contribution in [3.05, 3.63) is 93.0 Å². The molecule has 3 rings (SSSR count). The summed E-state index contributed by atoms with van der Waals surface area (Å²) in [7, 11) is 0. The number of hydrazine groups is 1. The summed E-state index contributed by atoms with van der Waals surface area (Å²) in [6, 6.07) is 17.7. The lowest BCUT2D eigenvalue weighted by Gasteiger charge is -2.19. The number of halogens is 1. The molecule has 0 aliphatic heterocycles. The number of carbonyl (C=O) groups excluding carboxylic acids is 3. The summed E-state index contributed by atoms with van der Waals surface area (Å²) >= 11 is 8.63. The Morgan fingerprint density at radius 1 is 0.902 bits per heavy atom. The van der Waals surface area contributed by atoms with Crippen LogP contribution in [0.2, 0.25) is 0 Å². The van der Waals surface area contributed by atoms with Crippen molar-refractivity contribution < 1.29 is 19.1 Å². The first-order valence-electron chi connectivity index (χ1n) is 13.1. The molecule has 3 amide bonds. The number of hydrogen-bond acceptors (Lipinski definition) is 5. The molecular formula is C31H35BrN4O4S. The monoisotopic (exact) mass is 638 g/mol. The van der Waals surface area contributed by atoms with Crippen LogP contribution < -0.4 is 26.2 Å². The molecule has 0 saturated heterocycles. The van der Waals surface area contributed by atoms with Crippen LogP contribution in [-0.4, -0.2) is 29.4 Å². The molecule has 0 aliphatic carbocycles. The minimum absolute atomic E-state index is 0.00137. The van der Waals surface area contributed by atoms with Gasteiger partial charge in [0.15, 0.2) is 11.7 Å². The number of carbonyl (C=O) groups is 3. The number of benzene rings is 3. The Hall–Kier alpha value is -3.76. The van der Waals surface area contributed by atoms with Crippen LogP contribution in [0, 0.1) is 6.92 Å². The Morgan fingerprint density at radius 3 is 2.07 bits per heavy atom. The molecule has 0 heterocycles. The van der Waals surface area contributed by atoms with Gasteiger partial charge < -0.3 is 10.1 Å².